The first kappa shape index (κ1) is 33.2. The second-order valence-corrected chi connectivity index (χ2v) is 13.6. The Morgan fingerprint density at radius 3 is 2.09 bits per heavy atom. The largest absolute Gasteiger partial charge is 0.352 e. The van der Waals surface area contributed by atoms with E-state index >= 15 is 0 Å². The monoisotopic (exact) mass is 699 g/mol. The number of hydrogen-bond acceptors (Lipinski definition) is 4. The number of nitrogens with one attached hydrogen (secondary N) is 1. The van der Waals surface area contributed by atoms with Crippen LogP contribution in [-0.2, 0) is 32.6 Å². The predicted octanol–water partition coefficient (Wildman–Crippen LogP) is 6.60. The van der Waals surface area contributed by atoms with Crippen LogP contribution in [0, 0.1) is 5.82 Å². The third kappa shape index (κ3) is 8.46. The van der Waals surface area contributed by atoms with Crippen molar-refractivity contribution in [2.75, 3.05) is 10.8 Å². The molecule has 0 fully saturated rings. The normalized spacial score (nSPS) is 12.0. The molecule has 1 N–H and O–H groups in total. The van der Waals surface area contributed by atoms with Crippen LogP contribution in [0.25, 0.3) is 0 Å². The average molecular weight is 701 g/mol. The molecule has 230 valence electrons. The lowest BCUT2D eigenvalue weighted by atomic mass is 10.0. The Balaban J connectivity index is 1.81. The molecule has 0 bridgehead atoms. The first-order valence-electron chi connectivity index (χ1n) is 13.9. The van der Waals surface area contributed by atoms with Gasteiger partial charge in [0.05, 0.1) is 15.6 Å². The van der Waals surface area contributed by atoms with Crippen molar-refractivity contribution in [2.24, 2.45) is 0 Å². The summed E-state index contributed by atoms with van der Waals surface area (Å²) in [6, 6.07) is 26.5. The Labute approximate surface area is 270 Å². The van der Waals surface area contributed by atoms with E-state index in [4.69, 9.17) is 11.6 Å². The summed E-state index contributed by atoms with van der Waals surface area (Å²) in [7, 11) is -4.32. The number of sulfonamides is 1. The highest BCUT2D eigenvalue weighted by Crippen LogP contribution is 2.28. The van der Waals surface area contributed by atoms with Gasteiger partial charge >= 0.3 is 0 Å². The van der Waals surface area contributed by atoms with Gasteiger partial charge in [-0.2, -0.15) is 0 Å². The van der Waals surface area contributed by atoms with Crippen molar-refractivity contribution in [3.8, 4) is 0 Å². The zero-order chi connectivity index (χ0) is 31.9. The molecule has 0 saturated heterocycles. The molecule has 4 aromatic carbocycles. The van der Waals surface area contributed by atoms with Gasteiger partial charge in [0.15, 0.2) is 0 Å². The highest BCUT2D eigenvalue weighted by atomic mass is 79.9. The van der Waals surface area contributed by atoms with Crippen molar-refractivity contribution >= 4 is 55.1 Å². The van der Waals surface area contributed by atoms with Crippen molar-refractivity contribution in [3.63, 3.8) is 0 Å². The molecule has 0 spiro atoms. The summed E-state index contributed by atoms with van der Waals surface area (Å²) in [6.45, 7) is 3.00. The molecule has 0 heterocycles. The Hall–Kier alpha value is -3.73. The first-order chi connectivity index (χ1) is 21.0. The van der Waals surface area contributed by atoms with Crippen LogP contribution in [0.2, 0.25) is 5.02 Å². The Kier molecular flexibility index (Phi) is 11.2. The molecule has 4 rings (SSSR count). The molecule has 44 heavy (non-hydrogen) atoms. The van der Waals surface area contributed by atoms with Gasteiger partial charge in [0.1, 0.15) is 18.4 Å². The summed E-state index contributed by atoms with van der Waals surface area (Å²) in [6.07, 6.45) is 0.190. The fraction of sp³-hybridized carbons (Fsp3) is 0.212. The summed E-state index contributed by atoms with van der Waals surface area (Å²) in [5.41, 5.74) is 1.56. The minimum atomic E-state index is -4.32. The predicted molar refractivity (Wildman–Crippen MR) is 174 cm³/mol. The molecule has 0 radical (unpaired) electrons. The maximum Gasteiger partial charge on any atom is 0.264 e. The van der Waals surface area contributed by atoms with Crippen LogP contribution in [0.1, 0.15) is 25.0 Å². The fourth-order valence-electron chi connectivity index (χ4n) is 4.61. The second kappa shape index (κ2) is 14.8. The molecule has 0 aliphatic rings. The molecular formula is C33H32BrClFN3O4S. The van der Waals surface area contributed by atoms with Crippen LogP contribution >= 0.6 is 27.5 Å². The van der Waals surface area contributed by atoms with Crippen LogP contribution in [0.5, 0.6) is 0 Å². The summed E-state index contributed by atoms with van der Waals surface area (Å²) in [4.78, 5) is 29.4. The maximum atomic E-state index is 14.4. The minimum Gasteiger partial charge on any atom is -0.352 e. The van der Waals surface area contributed by atoms with Crippen molar-refractivity contribution in [2.45, 2.75) is 43.8 Å². The van der Waals surface area contributed by atoms with Gasteiger partial charge in [0, 0.05) is 23.5 Å². The van der Waals surface area contributed by atoms with Gasteiger partial charge in [-0.25, -0.2) is 12.8 Å². The van der Waals surface area contributed by atoms with Gasteiger partial charge in [-0.05, 0) is 67.4 Å². The van der Waals surface area contributed by atoms with E-state index in [1.807, 2.05) is 68.4 Å². The number of nitrogens with zero attached hydrogens (tertiary/aromatic N) is 2. The van der Waals surface area contributed by atoms with Gasteiger partial charge < -0.3 is 10.2 Å². The number of halogens is 3. The number of hydrogen-bond donors (Lipinski definition) is 1. The van der Waals surface area contributed by atoms with Gasteiger partial charge in [0.25, 0.3) is 10.0 Å². The summed E-state index contributed by atoms with van der Waals surface area (Å²) in [5, 5.41) is 2.62. The highest BCUT2D eigenvalue weighted by molar-refractivity contribution is 9.10. The van der Waals surface area contributed by atoms with E-state index in [1.54, 1.807) is 18.2 Å². The smallest absolute Gasteiger partial charge is 0.264 e. The Bertz CT molecular complexity index is 1690. The molecule has 0 unspecified atom stereocenters. The third-order valence-corrected chi connectivity index (χ3v) is 9.38. The number of rotatable bonds is 12. The second-order valence-electron chi connectivity index (χ2n) is 10.4. The summed E-state index contributed by atoms with van der Waals surface area (Å²) >= 11 is 9.48. The lowest BCUT2D eigenvalue weighted by Crippen LogP contribution is -2.54. The zero-order valence-corrected chi connectivity index (χ0v) is 27.3. The van der Waals surface area contributed by atoms with E-state index in [1.165, 1.54) is 23.1 Å². The van der Waals surface area contributed by atoms with Crippen molar-refractivity contribution < 1.29 is 22.4 Å². The van der Waals surface area contributed by atoms with Crippen molar-refractivity contribution in [1.82, 2.24) is 10.2 Å². The molecule has 7 nitrogen and oxygen atoms in total. The van der Waals surface area contributed by atoms with Crippen LogP contribution in [0.3, 0.4) is 0 Å². The number of amides is 2. The van der Waals surface area contributed by atoms with E-state index in [0.717, 1.165) is 32.0 Å². The van der Waals surface area contributed by atoms with Crippen LogP contribution in [0.15, 0.2) is 112 Å². The first-order valence-corrected chi connectivity index (χ1v) is 16.5. The Morgan fingerprint density at radius 1 is 0.886 bits per heavy atom. The molecule has 0 aliphatic heterocycles. The standard InChI is InChI=1S/C33H32BrClFN3O4S/c1-23(2)37-33(41)31(19-24-9-5-3-6-10-24)38(21-25-13-15-26(34)16-14-25)32(40)22-39(27-17-18-30(36)29(35)20-27)44(42,43)28-11-7-4-8-12-28/h3-18,20,23,31H,19,21-22H2,1-2H3,(H,37,41)/t31-/m1/s1. The summed E-state index contributed by atoms with van der Waals surface area (Å²) in [5.74, 6) is -1.74. The van der Waals surface area contributed by atoms with Gasteiger partial charge in [-0.1, -0.05) is 88.2 Å². The van der Waals surface area contributed by atoms with Crippen LogP contribution in [0.4, 0.5) is 10.1 Å². The lowest BCUT2D eigenvalue weighted by molar-refractivity contribution is -0.140. The molecular weight excluding hydrogens is 669 g/mol. The lowest BCUT2D eigenvalue weighted by Gasteiger charge is -2.34. The number of anilines is 1. The van der Waals surface area contributed by atoms with Gasteiger partial charge in [-0.3, -0.25) is 13.9 Å². The summed E-state index contributed by atoms with van der Waals surface area (Å²) < 4.78 is 43.8. The molecule has 11 heteroatoms. The van der Waals surface area contributed by atoms with E-state index in [2.05, 4.69) is 21.2 Å². The topological polar surface area (TPSA) is 86.8 Å². The molecule has 0 aliphatic carbocycles. The van der Waals surface area contributed by atoms with Crippen molar-refractivity contribution in [3.05, 3.63) is 130 Å². The maximum absolute atomic E-state index is 14.4. The molecule has 2 amide bonds. The minimum absolute atomic E-state index is 0.00318. The number of benzene rings is 4. The van der Waals surface area contributed by atoms with E-state index in [9.17, 15) is 22.4 Å². The van der Waals surface area contributed by atoms with Crippen LogP contribution in [-0.4, -0.2) is 43.8 Å². The average Bonchev–Trinajstić information content (AvgIpc) is 3.00. The third-order valence-electron chi connectivity index (χ3n) is 6.77. The number of carbonyl (C=O) groups excluding carboxylic acids is 2. The SMILES string of the molecule is CC(C)NC(=O)[C@@H](Cc1ccccc1)N(Cc1ccc(Br)cc1)C(=O)CN(c1ccc(F)c(Cl)c1)S(=O)(=O)c1ccccc1. The van der Waals surface area contributed by atoms with E-state index < -0.39 is 34.3 Å². The van der Waals surface area contributed by atoms with Gasteiger partial charge in [0.2, 0.25) is 11.8 Å². The van der Waals surface area contributed by atoms with Crippen LogP contribution < -0.4 is 9.62 Å². The molecule has 4 aromatic rings. The van der Waals surface area contributed by atoms with Crippen molar-refractivity contribution in [1.29, 1.82) is 0 Å². The fourth-order valence-corrected chi connectivity index (χ4v) is 6.48. The highest BCUT2D eigenvalue weighted by Gasteiger charge is 2.35. The quantitative estimate of drug-likeness (QED) is 0.181. The van der Waals surface area contributed by atoms with E-state index in [-0.39, 0.29) is 40.5 Å². The van der Waals surface area contributed by atoms with E-state index in [0.29, 0.717) is 0 Å². The Morgan fingerprint density at radius 2 is 1.50 bits per heavy atom. The zero-order valence-electron chi connectivity index (χ0n) is 24.2. The number of carbonyl (C=O) groups is 2. The van der Waals surface area contributed by atoms with Gasteiger partial charge in [-0.15, -0.1) is 0 Å². The molecule has 0 saturated carbocycles. The molecule has 1 atom stereocenters. The molecule has 0 aromatic heterocycles.